The van der Waals surface area contributed by atoms with E-state index in [4.69, 9.17) is 16.3 Å². The summed E-state index contributed by atoms with van der Waals surface area (Å²) in [5.74, 6) is 0.734. The lowest BCUT2D eigenvalue weighted by Crippen LogP contribution is -2.20. The lowest BCUT2D eigenvalue weighted by atomic mass is 9.98. The molecule has 0 bridgehead atoms. The number of allylic oxidation sites excluding steroid dienone is 2. The predicted molar refractivity (Wildman–Crippen MR) is 119 cm³/mol. The summed E-state index contributed by atoms with van der Waals surface area (Å²) in [5.41, 5.74) is 3.51. The van der Waals surface area contributed by atoms with E-state index in [1.807, 2.05) is 25.3 Å². The van der Waals surface area contributed by atoms with Gasteiger partial charge in [-0.15, -0.1) is 0 Å². The highest BCUT2D eigenvalue weighted by Crippen LogP contribution is 2.23. The maximum absolute atomic E-state index is 6.50. The second-order valence-electron chi connectivity index (χ2n) is 7.31. The van der Waals surface area contributed by atoms with Gasteiger partial charge in [-0.25, -0.2) is 4.98 Å². The first-order valence-electron chi connectivity index (χ1n) is 10.8. The largest absolute Gasteiger partial charge is 0.474 e. The first-order valence-corrected chi connectivity index (χ1v) is 11.2. The standard InChI is InChI=1S/C23H36ClN3O/c1-4-19(14-15-25-6-3)23(21(24)5-2)27-17-18-12-13-22(26-16-18)28-20-10-8-7-9-11-20/h5,12-13,16,20,25,27H,4,6-11,14-15,17H2,1-3H3/b21-5+,23-19-. The van der Waals surface area contributed by atoms with Crippen molar-refractivity contribution < 1.29 is 4.74 Å². The Morgan fingerprint density at radius 2 is 2.04 bits per heavy atom. The Balaban J connectivity index is 1.97. The van der Waals surface area contributed by atoms with Crippen LogP contribution in [0.3, 0.4) is 0 Å². The maximum Gasteiger partial charge on any atom is 0.213 e. The van der Waals surface area contributed by atoms with E-state index >= 15 is 0 Å². The molecule has 0 amide bonds. The summed E-state index contributed by atoms with van der Waals surface area (Å²) >= 11 is 6.50. The highest BCUT2D eigenvalue weighted by Gasteiger charge is 2.15. The van der Waals surface area contributed by atoms with Crippen molar-refractivity contribution in [2.75, 3.05) is 13.1 Å². The fraction of sp³-hybridized carbons (Fsp3) is 0.609. The van der Waals surface area contributed by atoms with Gasteiger partial charge in [0.05, 0.1) is 10.7 Å². The molecular formula is C23H36ClN3O. The molecule has 4 nitrogen and oxygen atoms in total. The fourth-order valence-corrected chi connectivity index (χ4v) is 3.75. The minimum atomic E-state index is 0.331. The van der Waals surface area contributed by atoms with Crippen LogP contribution in [0.2, 0.25) is 0 Å². The Morgan fingerprint density at radius 1 is 1.25 bits per heavy atom. The Labute approximate surface area is 175 Å². The van der Waals surface area contributed by atoms with Gasteiger partial charge in [-0.1, -0.05) is 44.0 Å². The van der Waals surface area contributed by atoms with Crippen LogP contribution in [-0.2, 0) is 6.54 Å². The Hall–Kier alpha value is -1.52. The van der Waals surface area contributed by atoms with Crippen molar-refractivity contribution in [2.45, 2.75) is 78.4 Å². The van der Waals surface area contributed by atoms with E-state index in [-0.39, 0.29) is 0 Å². The molecule has 1 aliphatic carbocycles. The van der Waals surface area contributed by atoms with E-state index in [1.54, 1.807) is 0 Å². The van der Waals surface area contributed by atoms with Gasteiger partial charge >= 0.3 is 0 Å². The molecule has 0 aliphatic heterocycles. The third kappa shape index (κ3) is 7.48. The SMILES string of the molecule is C/C=C(Cl)\C(NCc1ccc(OC2CCCCC2)nc1)=C(/CC)CCNCC. The zero-order valence-corrected chi connectivity index (χ0v) is 18.4. The van der Waals surface area contributed by atoms with Gasteiger partial charge in [-0.3, -0.25) is 0 Å². The second-order valence-corrected chi connectivity index (χ2v) is 7.72. The van der Waals surface area contributed by atoms with Gasteiger partial charge in [0, 0.05) is 18.8 Å². The van der Waals surface area contributed by atoms with Crippen molar-refractivity contribution in [1.82, 2.24) is 15.6 Å². The molecule has 0 aromatic carbocycles. The van der Waals surface area contributed by atoms with Crippen LogP contribution in [0.15, 0.2) is 40.7 Å². The summed E-state index contributed by atoms with van der Waals surface area (Å²) in [5, 5.41) is 7.70. The van der Waals surface area contributed by atoms with Crippen LogP contribution in [0.1, 0.15) is 71.3 Å². The molecule has 0 radical (unpaired) electrons. The molecule has 0 saturated heterocycles. The molecule has 1 fully saturated rings. The van der Waals surface area contributed by atoms with Crippen molar-refractivity contribution in [2.24, 2.45) is 0 Å². The van der Waals surface area contributed by atoms with Crippen molar-refractivity contribution in [3.05, 3.63) is 46.3 Å². The van der Waals surface area contributed by atoms with Gasteiger partial charge in [0.25, 0.3) is 0 Å². The quantitative estimate of drug-likeness (QED) is 0.366. The molecule has 0 spiro atoms. The minimum Gasteiger partial charge on any atom is -0.474 e. The van der Waals surface area contributed by atoms with Crippen molar-refractivity contribution in [1.29, 1.82) is 0 Å². The monoisotopic (exact) mass is 405 g/mol. The summed E-state index contributed by atoms with van der Waals surface area (Å²) in [6.45, 7) is 8.93. The molecule has 5 heteroatoms. The van der Waals surface area contributed by atoms with Crippen LogP contribution in [0.25, 0.3) is 0 Å². The van der Waals surface area contributed by atoms with Gasteiger partial charge in [-0.05, 0) is 69.7 Å². The van der Waals surface area contributed by atoms with Gasteiger partial charge in [0.1, 0.15) is 6.10 Å². The Kier molecular flexibility index (Phi) is 10.4. The molecule has 2 N–H and O–H groups in total. The summed E-state index contributed by atoms with van der Waals surface area (Å²) in [7, 11) is 0. The number of aromatic nitrogens is 1. The molecule has 1 aromatic heterocycles. The average molecular weight is 406 g/mol. The lowest BCUT2D eigenvalue weighted by Gasteiger charge is -2.22. The van der Waals surface area contributed by atoms with Crippen LogP contribution >= 0.6 is 11.6 Å². The number of nitrogens with zero attached hydrogens (tertiary/aromatic N) is 1. The summed E-state index contributed by atoms with van der Waals surface area (Å²) in [4.78, 5) is 4.51. The number of pyridine rings is 1. The molecule has 28 heavy (non-hydrogen) atoms. The Bertz CT molecular complexity index is 634. The summed E-state index contributed by atoms with van der Waals surface area (Å²) in [6.07, 6.45) is 12.3. The maximum atomic E-state index is 6.50. The highest BCUT2D eigenvalue weighted by molar-refractivity contribution is 6.31. The smallest absolute Gasteiger partial charge is 0.213 e. The normalized spacial score (nSPS) is 16.6. The molecule has 156 valence electrons. The minimum absolute atomic E-state index is 0.331. The highest BCUT2D eigenvalue weighted by atomic mass is 35.5. The average Bonchev–Trinajstić information content (AvgIpc) is 2.74. The van der Waals surface area contributed by atoms with Gasteiger partial charge in [-0.2, -0.15) is 0 Å². The van der Waals surface area contributed by atoms with E-state index < -0.39 is 0 Å². The van der Waals surface area contributed by atoms with E-state index in [0.717, 1.165) is 60.9 Å². The van der Waals surface area contributed by atoms with E-state index in [9.17, 15) is 0 Å². The third-order valence-corrected chi connectivity index (χ3v) is 5.64. The zero-order chi connectivity index (χ0) is 20.2. The molecule has 1 saturated carbocycles. The molecule has 0 unspecified atom stereocenters. The van der Waals surface area contributed by atoms with E-state index in [2.05, 4.69) is 35.5 Å². The van der Waals surface area contributed by atoms with Crippen LogP contribution < -0.4 is 15.4 Å². The number of hydrogen-bond donors (Lipinski definition) is 2. The summed E-state index contributed by atoms with van der Waals surface area (Å²) in [6, 6.07) is 4.07. The molecule has 1 aromatic rings. The first-order chi connectivity index (χ1) is 13.7. The molecular weight excluding hydrogens is 370 g/mol. The number of ether oxygens (including phenoxy) is 1. The van der Waals surface area contributed by atoms with Crippen LogP contribution in [0.4, 0.5) is 0 Å². The van der Waals surface area contributed by atoms with E-state index in [1.165, 1.54) is 24.8 Å². The van der Waals surface area contributed by atoms with Crippen LogP contribution in [0.5, 0.6) is 5.88 Å². The predicted octanol–water partition coefficient (Wildman–Crippen LogP) is 5.69. The number of rotatable bonds is 11. The van der Waals surface area contributed by atoms with Crippen molar-refractivity contribution >= 4 is 11.6 Å². The fourth-order valence-electron chi connectivity index (χ4n) is 3.55. The Morgan fingerprint density at radius 3 is 2.64 bits per heavy atom. The lowest BCUT2D eigenvalue weighted by molar-refractivity contribution is 0.148. The third-order valence-electron chi connectivity index (χ3n) is 5.23. The van der Waals surface area contributed by atoms with Crippen molar-refractivity contribution in [3.8, 4) is 5.88 Å². The zero-order valence-electron chi connectivity index (χ0n) is 17.7. The number of hydrogen-bond acceptors (Lipinski definition) is 4. The molecule has 2 rings (SSSR count). The number of halogens is 1. The van der Waals surface area contributed by atoms with Gasteiger partial charge in [0.15, 0.2) is 0 Å². The van der Waals surface area contributed by atoms with Crippen molar-refractivity contribution in [3.63, 3.8) is 0 Å². The van der Waals surface area contributed by atoms with E-state index in [0.29, 0.717) is 12.6 Å². The topological polar surface area (TPSA) is 46.2 Å². The van der Waals surface area contributed by atoms with Crippen LogP contribution in [0, 0.1) is 0 Å². The molecule has 1 heterocycles. The number of nitrogens with one attached hydrogen (secondary N) is 2. The first kappa shape index (κ1) is 22.8. The molecule has 1 aliphatic rings. The van der Waals surface area contributed by atoms with Crippen LogP contribution in [-0.4, -0.2) is 24.2 Å². The van der Waals surface area contributed by atoms with Gasteiger partial charge in [0.2, 0.25) is 5.88 Å². The second kappa shape index (κ2) is 12.8. The van der Waals surface area contributed by atoms with Gasteiger partial charge < -0.3 is 15.4 Å². The summed E-state index contributed by atoms with van der Waals surface area (Å²) < 4.78 is 6.02. The molecule has 0 atom stereocenters.